The van der Waals surface area contributed by atoms with E-state index in [4.69, 9.17) is 4.74 Å². The molecule has 0 spiro atoms. The van der Waals surface area contributed by atoms with Gasteiger partial charge in [0.1, 0.15) is 45.3 Å². The summed E-state index contributed by atoms with van der Waals surface area (Å²) in [6, 6.07) is 0. The van der Waals surface area contributed by atoms with Gasteiger partial charge in [0, 0.05) is 78.9 Å². The van der Waals surface area contributed by atoms with Crippen molar-refractivity contribution in [2.75, 3.05) is 20.2 Å². The first-order chi connectivity index (χ1) is 34.4. The van der Waals surface area contributed by atoms with Gasteiger partial charge in [0.05, 0.1) is 36.7 Å². The number of hydrogen-bond donors (Lipinski definition) is 4. The fourth-order valence-corrected chi connectivity index (χ4v) is 9.46. The molecule has 6 atom stereocenters. The molecule has 6 aromatic heterocycles. The second-order valence-electron chi connectivity index (χ2n) is 16.4. The molecule has 28 heteroatoms. The van der Waals surface area contributed by atoms with Crippen LogP contribution in [-0.4, -0.2) is 129 Å². The highest BCUT2D eigenvalue weighted by Crippen LogP contribution is 2.36. The summed E-state index contributed by atoms with van der Waals surface area (Å²) in [7, 11) is 6.80. The zero-order valence-electron chi connectivity index (χ0n) is 40.7. The number of imidazole rings is 4. The molecule has 0 aliphatic carbocycles. The van der Waals surface area contributed by atoms with Gasteiger partial charge in [-0.05, 0) is 57.2 Å². The van der Waals surface area contributed by atoms with Crippen molar-refractivity contribution in [3.63, 3.8) is 0 Å². The summed E-state index contributed by atoms with van der Waals surface area (Å²) in [6.45, 7) is 8.47. The van der Waals surface area contributed by atoms with Crippen molar-refractivity contribution in [2.24, 2.45) is 44.8 Å². The number of aryl methyl sites for hydroxylation is 3. The molecular formula is C44H56N16O10S2. The molecule has 72 heavy (non-hydrogen) atoms. The fourth-order valence-electron chi connectivity index (χ4n) is 7.58. The summed E-state index contributed by atoms with van der Waals surface area (Å²) < 4.78 is 10.3. The number of methoxy groups -OCH3 is 1. The molecule has 2 saturated heterocycles. The Labute approximate surface area is 420 Å². The van der Waals surface area contributed by atoms with E-state index in [1.54, 1.807) is 41.2 Å². The third-order valence-corrected chi connectivity index (χ3v) is 13.5. The Hall–Kier alpha value is -7.30. The lowest BCUT2D eigenvalue weighted by Gasteiger charge is -2.26. The second-order valence-corrected chi connectivity index (χ2v) is 18.4. The minimum absolute atomic E-state index is 0.0371. The van der Waals surface area contributed by atoms with Crippen LogP contribution in [0.2, 0.25) is 0 Å². The predicted octanol–water partition coefficient (Wildman–Crippen LogP) is 4.27. The van der Waals surface area contributed by atoms with E-state index in [9.17, 15) is 44.5 Å². The van der Waals surface area contributed by atoms with Crippen LogP contribution in [0.3, 0.4) is 0 Å². The maximum Gasteiger partial charge on any atom is 0.396 e. The summed E-state index contributed by atoms with van der Waals surface area (Å²) in [4.78, 5) is 102. The van der Waals surface area contributed by atoms with Crippen LogP contribution in [0, 0.1) is 43.9 Å². The summed E-state index contributed by atoms with van der Waals surface area (Å²) >= 11 is 2.30. The number of nitrogens with zero attached hydrogens (tertiary/aromatic N) is 13. The molecule has 2 fully saturated rings. The molecule has 2 amide bonds. The van der Waals surface area contributed by atoms with E-state index in [0.29, 0.717) is 68.4 Å². The molecule has 0 saturated carbocycles. The molecule has 26 nitrogen and oxygen atoms in total. The van der Waals surface area contributed by atoms with Crippen molar-refractivity contribution in [3.8, 4) is 0 Å². The largest absolute Gasteiger partial charge is 0.396 e. The maximum atomic E-state index is 11.9. The van der Waals surface area contributed by atoms with E-state index < -0.39 is 21.9 Å². The molecular weight excluding hydrogens is 977 g/mol. The van der Waals surface area contributed by atoms with Crippen molar-refractivity contribution in [2.45, 2.75) is 85.7 Å². The fraction of sp³-hybridized carbons (Fsp3) is 0.455. The molecule has 384 valence electrons. The summed E-state index contributed by atoms with van der Waals surface area (Å²) in [5.74, 6) is -1.49. The van der Waals surface area contributed by atoms with Gasteiger partial charge in [-0.2, -0.15) is 0 Å². The van der Waals surface area contributed by atoms with Gasteiger partial charge in [-0.3, -0.25) is 19.2 Å². The third kappa shape index (κ3) is 14.2. The van der Waals surface area contributed by atoms with Crippen LogP contribution in [0.4, 0.5) is 11.6 Å². The Bertz CT molecular complexity index is 2930. The van der Waals surface area contributed by atoms with E-state index >= 15 is 0 Å². The lowest BCUT2D eigenvalue weighted by atomic mass is 9.87. The molecule has 0 bridgehead atoms. The number of ketones is 2. The number of hydrogen-bond acceptors (Lipinski definition) is 20. The van der Waals surface area contributed by atoms with Gasteiger partial charge in [-0.15, -0.1) is 0 Å². The monoisotopic (exact) mass is 1030 g/mol. The Morgan fingerprint density at radius 1 is 0.722 bits per heavy atom. The highest BCUT2D eigenvalue weighted by molar-refractivity contribution is 7.99. The Kier molecular flexibility index (Phi) is 20.3. The SMILES string of the molecule is C/C=C/[C@@H](C)[C@@H](O)[C@@H]1CC(=O)CCNC1=O.C/C=C/[C@@H](C)[C@@H](OC)[C@@H]1CC(=O)CCNC1=O.Cn1cnc([N+](=O)[O-])c1Sc1ncnc2c1ncn2C.Cn1cnc([N+](=O)[O-])c1Sc1ncnc2nc[nH]c12. The maximum absolute atomic E-state index is 11.9. The first-order valence-electron chi connectivity index (χ1n) is 22.4. The van der Waals surface area contributed by atoms with Crippen LogP contribution >= 0.6 is 23.5 Å². The van der Waals surface area contributed by atoms with Gasteiger partial charge in [-0.25, -0.2) is 29.9 Å². The molecule has 8 heterocycles. The first-order valence-corrected chi connectivity index (χ1v) is 24.0. The van der Waals surface area contributed by atoms with Gasteiger partial charge in [0.15, 0.2) is 21.3 Å². The van der Waals surface area contributed by atoms with Crippen LogP contribution in [-0.2, 0) is 45.1 Å². The van der Waals surface area contributed by atoms with Gasteiger partial charge >= 0.3 is 11.6 Å². The van der Waals surface area contributed by atoms with E-state index in [0.717, 1.165) is 23.5 Å². The number of rotatable bonds is 13. The smallest absolute Gasteiger partial charge is 0.392 e. The highest BCUT2D eigenvalue weighted by Gasteiger charge is 2.35. The number of fused-ring (bicyclic) bond motifs is 2. The van der Waals surface area contributed by atoms with Gasteiger partial charge in [0.2, 0.25) is 24.5 Å². The number of nitrogens with one attached hydrogen (secondary N) is 3. The van der Waals surface area contributed by atoms with E-state index in [-0.39, 0.29) is 71.7 Å². The number of Topliss-reactive ketones (excluding diaryl/α,β-unsaturated/α-hetero) is 2. The Morgan fingerprint density at radius 2 is 1.24 bits per heavy atom. The van der Waals surface area contributed by atoms with Gasteiger partial charge in [-0.1, -0.05) is 38.2 Å². The predicted molar refractivity (Wildman–Crippen MR) is 262 cm³/mol. The lowest BCUT2D eigenvalue weighted by molar-refractivity contribution is -0.392. The van der Waals surface area contributed by atoms with Gasteiger partial charge < -0.3 is 59.4 Å². The number of aliphatic hydroxyl groups is 1. The van der Waals surface area contributed by atoms with Crippen LogP contribution in [0.5, 0.6) is 0 Å². The van der Waals surface area contributed by atoms with Crippen molar-refractivity contribution in [3.05, 3.63) is 82.5 Å². The Morgan fingerprint density at radius 3 is 1.81 bits per heavy atom. The molecule has 0 unspecified atom stereocenters. The lowest BCUT2D eigenvalue weighted by Crippen LogP contribution is -2.40. The number of aromatic amines is 1. The minimum Gasteiger partial charge on any atom is -0.392 e. The zero-order chi connectivity index (χ0) is 52.6. The van der Waals surface area contributed by atoms with Crippen LogP contribution in [0.25, 0.3) is 22.3 Å². The summed E-state index contributed by atoms with van der Waals surface area (Å²) in [5.41, 5.74) is 2.44. The number of aliphatic hydroxyl groups excluding tert-OH is 1. The number of allylic oxidation sites excluding steroid dienone is 2. The van der Waals surface area contributed by atoms with E-state index in [2.05, 4.69) is 55.5 Å². The van der Waals surface area contributed by atoms with Crippen molar-refractivity contribution in [1.82, 2.24) is 69.2 Å². The molecule has 2 aliphatic rings. The molecule has 8 rings (SSSR count). The number of nitro groups is 2. The van der Waals surface area contributed by atoms with Crippen LogP contribution in [0.15, 0.2) is 82.4 Å². The normalized spacial score (nSPS) is 17.8. The summed E-state index contributed by atoms with van der Waals surface area (Å²) in [6.07, 6.45) is 16.5. The van der Waals surface area contributed by atoms with Crippen LogP contribution in [0.1, 0.15) is 53.4 Å². The number of aromatic nitrogens is 12. The molecule has 2 aliphatic heterocycles. The standard InChI is InChI=1S/C13H21NO3.C12H19NO3.C10H9N7O2S.C9H7N7O2S/c1-4-5-9(2)12(17-3)11-8-10(15)6-7-14-13(11)16;1-3-4-8(2)11(15)10-7-9(14)5-6-13-12(10)16;1-15-4-13-6-7(15)11-3-12-9(6)20-10-8(17(18)19)14-5-16(10)2;1-15-4-14-7(16(17)18)9(15)19-8-5-6(11-2-10-5)12-3-13-8/h4-5,9,11-12H,6-8H2,1-3H3,(H,14,16);3-4,8,10-11,15H,5-7H2,1-2H3,(H,13,16);3-5H,1-2H3;2-4H,1H3,(H,10,11,12,13)/b5-4+;4-3+;;/t9-,11+,12-;8-,10+,11-;;/m11../s1. The number of amides is 2. The Balaban J connectivity index is 0.000000179. The van der Waals surface area contributed by atoms with Crippen molar-refractivity contribution in [1.29, 1.82) is 0 Å². The van der Waals surface area contributed by atoms with Crippen LogP contribution < -0.4 is 10.6 Å². The highest BCUT2D eigenvalue weighted by atomic mass is 32.2. The van der Waals surface area contributed by atoms with E-state index in [1.807, 2.05) is 59.0 Å². The average Bonchev–Trinajstić information content (AvgIpc) is 4.12. The molecule has 0 aromatic carbocycles. The topological polar surface area (TPSA) is 342 Å². The average molecular weight is 1030 g/mol. The number of carbonyl (C=O) groups is 4. The van der Waals surface area contributed by atoms with Crippen molar-refractivity contribution < 1.29 is 38.9 Å². The minimum atomic E-state index is -0.793. The molecule has 6 aromatic rings. The second kappa shape index (κ2) is 26.2. The zero-order valence-corrected chi connectivity index (χ0v) is 42.4. The van der Waals surface area contributed by atoms with E-state index in [1.165, 1.54) is 31.6 Å². The number of ether oxygens (including phenoxy) is 1. The summed E-state index contributed by atoms with van der Waals surface area (Å²) in [5, 5.41) is 39.2. The first kappa shape index (κ1) is 55.6. The third-order valence-electron chi connectivity index (χ3n) is 11.2. The molecule has 0 radical (unpaired) electrons. The van der Waals surface area contributed by atoms with Crippen molar-refractivity contribution >= 4 is 80.9 Å². The number of H-pyrrole nitrogens is 1. The van der Waals surface area contributed by atoms with Gasteiger partial charge in [0.25, 0.3) is 0 Å². The quantitative estimate of drug-likeness (QED) is 0.0543. The molecule has 4 N–H and O–H groups in total. The number of carbonyl (C=O) groups excluding carboxylic acids is 4.